The Hall–Kier alpha value is -2.88. The summed E-state index contributed by atoms with van der Waals surface area (Å²) in [4.78, 5) is 11.3. The zero-order valence-corrected chi connectivity index (χ0v) is 15.5. The first kappa shape index (κ1) is 19.4. The number of nitrogens with one attached hydrogen (secondary N) is 1. The van der Waals surface area contributed by atoms with E-state index in [2.05, 4.69) is 4.72 Å². The van der Waals surface area contributed by atoms with Crippen LogP contribution in [0, 0.1) is 0 Å². The number of furan rings is 1. The van der Waals surface area contributed by atoms with E-state index in [4.69, 9.17) is 18.6 Å². The van der Waals surface area contributed by atoms with E-state index in [9.17, 15) is 18.3 Å². The molecule has 0 amide bonds. The number of hydrogen-bond acceptors (Lipinski definition) is 8. The number of aromatic hydroxyl groups is 1. The zero-order valence-electron chi connectivity index (χ0n) is 14.7. The predicted octanol–water partition coefficient (Wildman–Crippen LogP) is 2.36. The SMILES string of the molecule is CCS(=O)(=O)Nc1oc(-c2cccc(OC)c2OC)c(O)c1OC(C)=O. The van der Waals surface area contributed by atoms with Crippen LogP contribution in [0.25, 0.3) is 11.3 Å². The quantitative estimate of drug-likeness (QED) is 0.696. The molecule has 1 heterocycles. The second kappa shape index (κ2) is 7.56. The number of ether oxygens (including phenoxy) is 3. The zero-order chi connectivity index (χ0) is 19.5. The van der Waals surface area contributed by atoms with Crippen molar-refractivity contribution in [3.63, 3.8) is 0 Å². The predicted molar refractivity (Wildman–Crippen MR) is 93.3 cm³/mol. The molecule has 2 N–H and O–H groups in total. The number of methoxy groups -OCH3 is 2. The monoisotopic (exact) mass is 385 g/mol. The first-order valence-electron chi connectivity index (χ1n) is 7.50. The van der Waals surface area contributed by atoms with Crippen molar-refractivity contribution in [2.24, 2.45) is 0 Å². The molecule has 9 nitrogen and oxygen atoms in total. The van der Waals surface area contributed by atoms with E-state index < -0.39 is 33.4 Å². The minimum absolute atomic E-state index is 0.147. The molecule has 2 aromatic rings. The summed E-state index contributed by atoms with van der Waals surface area (Å²) in [6, 6.07) is 4.82. The van der Waals surface area contributed by atoms with Gasteiger partial charge in [-0.05, 0) is 19.1 Å². The summed E-state index contributed by atoms with van der Waals surface area (Å²) < 4.78 is 46.7. The molecule has 0 atom stereocenters. The lowest BCUT2D eigenvalue weighted by Crippen LogP contribution is -2.15. The fourth-order valence-corrected chi connectivity index (χ4v) is 2.74. The second-order valence-electron chi connectivity index (χ2n) is 5.08. The lowest BCUT2D eigenvalue weighted by molar-refractivity contribution is -0.131. The fourth-order valence-electron chi connectivity index (χ4n) is 2.17. The van der Waals surface area contributed by atoms with Gasteiger partial charge in [-0.15, -0.1) is 0 Å². The summed E-state index contributed by atoms with van der Waals surface area (Å²) in [6.45, 7) is 2.53. The smallest absolute Gasteiger partial charge is 0.308 e. The van der Waals surface area contributed by atoms with Crippen LogP contribution in [0.15, 0.2) is 22.6 Å². The van der Waals surface area contributed by atoms with Crippen molar-refractivity contribution in [3.8, 4) is 34.3 Å². The van der Waals surface area contributed by atoms with Crippen molar-refractivity contribution in [3.05, 3.63) is 18.2 Å². The molecule has 0 aliphatic carbocycles. The summed E-state index contributed by atoms with van der Waals surface area (Å²) in [5, 5.41) is 10.5. The van der Waals surface area contributed by atoms with Gasteiger partial charge in [-0.25, -0.2) is 13.1 Å². The van der Waals surface area contributed by atoms with Gasteiger partial charge in [0.2, 0.25) is 21.5 Å². The highest BCUT2D eigenvalue weighted by molar-refractivity contribution is 7.92. The molecular formula is C16H19NO8S. The van der Waals surface area contributed by atoms with Crippen molar-refractivity contribution in [1.29, 1.82) is 0 Å². The van der Waals surface area contributed by atoms with E-state index in [-0.39, 0.29) is 22.8 Å². The van der Waals surface area contributed by atoms with E-state index in [1.807, 2.05) is 0 Å². The van der Waals surface area contributed by atoms with Crippen LogP contribution in [-0.4, -0.2) is 39.5 Å². The Morgan fingerprint density at radius 2 is 1.92 bits per heavy atom. The van der Waals surface area contributed by atoms with Crippen LogP contribution < -0.4 is 18.9 Å². The highest BCUT2D eigenvalue weighted by atomic mass is 32.2. The maximum atomic E-state index is 11.8. The van der Waals surface area contributed by atoms with Gasteiger partial charge in [0.1, 0.15) is 0 Å². The highest BCUT2D eigenvalue weighted by Crippen LogP contribution is 2.50. The van der Waals surface area contributed by atoms with Crippen molar-refractivity contribution >= 4 is 21.9 Å². The first-order chi connectivity index (χ1) is 12.2. The van der Waals surface area contributed by atoms with Gasteiger partial charge in [0, 0.05) is 6.92 Å². The Morgan fingerprint density at radius 1 is 1.23 bits per heavy atom. The largest absolute Gasteiger partial charge is 0.502 e. The molecule has 0 unspecified atom stereocenters. The summed E-state index contributed by atoms with van der Waals surface area (Å²) in [6.07, 6.45) is 0. The van der Waals surface area contributed by atoms with Crippen LogP contribution in [0.1, 0.15) is 13.8 Å². The lowest BCUT2D eigenvalue weighted by atomic mass is 10.1. The van der Waals surface area contributed by atoms with Crippen molar-refractivity contribution < 1.29 is 36.9 Å². The molecule has 0 fully saturated rings. The molecule has 2 rings (SSSR count). The summed E-state index contributed by atoms with van der Waals surface area (Å²) >= 11 is 0. The summed E-state index contributed by atoms with van der Waals surface area (Å²) in [5.41, 5.74) is 0.277. The topological polar surface area (TPSA) is 124 Å². The van der Waals surface area contributed by atoms with Gasteiger partial charge >= 0.3 is 5.97 Å². The average Bonchev–Trinajstić information content (AvgIpc) is 2.89. The van der Waals surface area contributed by atoms with Crippen LogP contribution >= 0.6 is 0 Å². The number of hydrogen-bond donors (Lipinski definition) is 2. The molecule has 0 bridgehead atoms. The van der Waals surface area contributed by atoms with Gasteiger partial charge < -0.3 is 23.7 Å². The van der Waals surface area contributed by atoms with Crippen LogP contribution in [0.5, 0.6) is 23.0 Å². The molecule has 1 aromatic carbocycles. The number of anilines is 1. The van der Waals surface area contributed by atoms with E-state index >= 15 is 0 Å². The molecule has 1 aromatic heterocycles. The average molecular weight is 385 g/mol. The number of carbonyl (C=O) groups is 1. The molecule has 0 saturated heterocycles. The Morgan fingerprint density at radius 3 is 2.46 bits per heavy atom. The van der Waals surface area contributed by atoms with E-state index in [0.29, 0.717) is 5.75 Å². The van der Waals surface area contributed by atoms with Gasteiger partial charge in [-0.1, -0.05) is 6.07 Å². The Bertz CT molecular complexity index is 917. The normalized spacial score (nSPS) is 11.1. The maximum absolute atomic E-state index is 11.8. The van der Waals surface area contributed by atoms with Gasteiger partial charge in [0.25, 0.3) is 5.88 Å². The maximum Gasteiger partial charge on any atom is 0.308 e. The Kier molecular flexibility index (Phi) is 5.66. The number of carbonyl (C=O) groups excluding carboxylic acids is 1. The molecule has 142 valence electrons. The summed E-state index contributed by atoms with van der Waals surface area (Å²) in [7, 11) is -0.910. The molecule has 0 aliphatic rings. The second-order valence-corrected chi connectivity index (χ2v) is 7.09. The third kappa shape index (κ3) is 3.85. The Labute approximate surface area is 150 Å². The van der Waals surface area contributed by atoms with Crippen molar-refractivity contribution in [1.82, 2.24) is 0 Å². The molecule has 0 saturated carbocycles. The minimum atomic E-state index is -3.75. The molecular weight excluding hydrogens is 366 g/mol. The van der Waals surface area contributed by atoms with Gasteiger partial charge in [-0.2, -0.15) is 0 Å². The van der Waals surface area contributed by atoms with Crippen LogP contribution in [0.3, 0.4) is 0 Å². The molecule has 0 spiro atoms. The molecule has 10 heteroatoms. The summed E-state index contributed by atoms with van der Waals surface area (Å²) in [5.74, 6) is -1.95. The Balaban J connectivity index is 2.68. The molecule has 0 aliphatic heterocycles. The number of sulfonamides is 1. The van der Waals surface area contributed by atoms with Crippen LogP contribution in [-0.2, 0) is 14.8 Å². The first-order valence-corrected chi connectivity index (χ1v) is 9.15. The van der Waals surface area contributed by atoms with E-state index in [1.54, 1.807) is 18.2 Å². The fraction of sp³-hybridized carbons (Fsp3) is 0.312. The third-order valence-corrected chi connectivity index (χ3v) is 4.62. The van der Waals surface area contributed by atoms with E-state index in [0.717, 1.165) is 6.92 Å². The standard InChI is InChI=1S/C16H19NO8S/c1-5-26(20,21)17-16-15(24-9(2)18)12(19)14(25-16)10-7-6-8-11(22-3)13(10)23-4/h6-8,17,19H,5H2,1-4H3. The molecule has 26 heavy (non-hydrogen) atoms. The number of rotatable bonds is 7. The van der Waals surface area contributed by atoms with Crippen LogP contribution in [0.4, 0.5) is 5.88 Å². The van der Waals surface area contributed by atoms with Gasteiger partial charge in [-0.3, -0.25) is 4.79 Å². The van der Waals surface area contributed by atoms with Crippen LogP contribution in [0.2, 0.25) is 0 Å². The van der Waals surface area contributed by atoms with Crippen molar-refractivity contribution in [2.45, 2.75) is 13.8 Å². The van der Waals surface area contributed by atoms with E-state index in [1.165, 1.54) is 21.1 Å². The lowest BCUT2D eigenvalue weighted by Gasteiger charge is -2.11. The minimum Gasteiger partial charge on any atom is -0.502 e. The van der Waals surface area contributed by atoms with Gasteiger partial charge in [0.05, 0.1) is 25.5 Å². The van der Waals surface area contributed by atoms with Gasteiger partial charge in [0.15, 0.2) is 17.3 Å². The third-order valence-electron chi connectivity index (χ3n) is 3.36. The highest BCUT2D eigenvalue weighted by Gasteiger charge is 2.29. The van der Waals surface area contributed by atoms with Crippen molar-refractivity contribution in [2.75, 3.05) is 24.7 Å². The molecule has 0 radical (unpaired) electrons. The number of para-hydroxylation sites is 1. The number of benzene rings is 1. The number of esters is 1.